The first-order valence-electron chi connectivity index (χ1n) is 5.70. The smallest absolute Gasteiger partial charge is 0.323 e. The number of carbonyl (C=O) groups is 1. The van der Waals surface area contributed by atoms with Crippen molar-refractivity contribution in [1.29, 1.82) is 0 Å². The Morgan fingerprint density at radius 2 is 2.17 bits per heavy atom. The van der Waals surface area contributed by atoms with E-state index in [2.05, 4.69) is 5.32 Å². The SMILES string of the molecule is COC(=O)C(NCc1ccc(Cl)cc1F)C(C)C. The second kappa shape index (κ2) is 6.71. The van der Waals surface area contributed by atoms with Crippen LogP contribution in [-0.4, -0.2) is 19.1 Å². The fraction of sp³-hybridized carbons (Fsp3) is 0.462. The zero-order chi connectivity index (χ0) is 13.7. The van der Waals surface area contributed by atoms with Crippen LogP contribution in [0.25, 0.3) is 0 Å². The van der Waals surface area contributed by atoms with Crippen LogP contribution in [0, 0.1) is 11.7 Å². The van der Waals surface area contributed by atoms with Crippen molar-refractivity contribution < 1.29 is 13.9 Å². The molecule has 0 aliphatic heterocycles. The van der Waals surface area contributed by atoms with Crippen molar-refractivity contribution in [3.05, 3.63) is 34.6 Å². The van der Waals surface area contributed by atoms with Gasteiger partial charge in [-0.1, -0.05) is 31.5 Å². The molecule has 3 nitrogen and oxygen atoms in total. The summed E-state index contributed by atoms with van der Waals surface area (Å²) in [4.78, 5) is 11.5. The van der Waals surface area contributed by atoms with Gasteiger partial charge in [0.1, 0.15) is 11.9 Å². The topological polar surface area (TPSA) is 38.3 Å². The van der Waals surface area contributed by atoms with E-state index in [1.807, 2.05) is 13.8 Å². The summed E-state index contributed by atoms with van der Waals surface area (Å²) in [5, 5.41) is 3.34. The third-order valence-electron chi connectivity index (χ3n) is 2.65. The molecule has 1 aromatic rings. The molecule has 0 spiro atoms. The van der Waals surface area contributed by atoms with Gasteiger partial charge in [-0.3, -0.25) is 10.1 Å². The summed E-state index contributed by atoms with van der Waals surface area (Å²) < 4.78 is 18.2. The number of hydrogen-bond acceptors (Lipinski definition) is 3. The Bertz CT molecular complexity index is 423. The first-order chi connectivity index (χ1) is 8.45. The van der Waals surface area contributed by atoms with Gasteiger partial charge in [-0.2, -0.15) is 0 Å². The van der Waals surface area contributed by atoms with E-state index in [0.717, 1.165) is 0 Å². The number of halogens is 2. The highest BCUT2D eigenvalue weighted by Crippen LogP contribution is 2.15. The first kappa shape index (κ1) is 14.9. The number of ether oxygens (including phenoxy) is 1. The fourth-order valence-corrected chi connectivity index (χ4v) is 1.76. The predicted molar refractivity (Wildman–Crippen MR) is 68.9 cm³/mol. The molecule has 0 aliphatic carbocycles. The maximum Gasteiger partial charge on any atom is 0.323 e. The van der Waals surface area contributed by atoms with E-state index in [9.17, 15) is 9.18 Å². The summed E-state index contributed by atoms with van der Waals surface area (Å²) >= 11 is 5.67. The largest absolute Gasteiger partial charge is 0.468 e. The van der Waals surface area contributed by atoms with E-state index in [1.165, 1.54) is 13.2 Å². The molecule has 1 aromatic carbocycles. The van der Waals surface area contributed by atoms with Gasteiger partial charge in [0.25, 0.3) is 0 Å². The molecule has 0 radical (unpaired) electrons. The van der Waals surface area contributed by atoms with E-state index in [0.29, 0.717) is 10.6 Å². The Hall–Kier alpha value is -1.13. The zero-order valence-electron chi connectivity index (χ0n) is 10.7. The minimum atomic E-state index is -0.454. The second-order valence-corrected chi connectivity index (χ2v) is 4.80. The van der Waals surface area contributed by atoms with Crippen molar-refractivity contribution >= 4 is 17.6 Å². The van der Waals surface area contributed by atoms with Crippen LogP contribution in [-0.2, 0) is 16.1 Å². The molecule has 1 N–H and O–H groups in total. The summed E-state index contributed by atoms with van der Waals surface area (Å²) in [6, 6.07) is 4.01. The zero-order valence-corrected chi connectivity index (χ0v) is 11.4. The molecule has 0 saturated heterocycles. The monoisotopic (exact) mass is 273 g/mol. The van der Waals surface area contributed by atoms with Crippen molar-refractivity contribution in [2.24, 2.45) is 5.92 Å². The lowest BCUT2D eigenvalue weighted by atomic mass is 10.0. The Kier molecular flexibility index (Phi) is 5.56. The van der Waals surface area contributed by atoms with Gasteiger partial charge in [0.05, 0.1) is 7.11 Å². The third-order valence-corrected chi connectivity index (χ3v) is 2.88. The molecule has 1 rings (SSSR count). The number of hydrogen-bond donors (Lipinski definition) is 1. The van der Waals surface area contributed by atoms with Gasteiger partial charge in [0.15, 0.2) is 0 Å². The molecule has 0 aliphatic rings. The minimum Gasteiger partial charge on any atom is -0.468 e. The number of rotatable bonds is 5. The van der Waals surface area contributed by atoms with Crippen molar-refractivity contribution in [3.8, 4) is 0 Å². The number of carbonyl (C=O) groups excluding carboxylic acids is 1. The van der Waals surface area contributed by atoms with E-state index < -0.39 is 6.04 Å². The highest BCUT2D eigenvalue weighted by atomic mass is 35.5. The Labute approximate surface area is 111 Å². The van der Waals surface area contributed by atoms with Crippen molar-refractivity contribution in [2.45, 2.75) is 26.4 Å². The molecule has 18 heavy (non-hydrogen) atoms. The molecule has 0 fully saturated rings. The average Bonchev–Trinajstić information content (AvgIpc) is 2.31. The molecule has 0 aromatic heterocycles. The lowest BCUT2D eigenvalue weighted by Crippen LogP contribution is -2.41. The summed E-state index contributed by atoms with van der Waals surface area (Å²) in [6.07, 6.45) is 0. The molecule has 5 heteroatoms. The van der Waals surface area contributed by atoms with Crippen molar-refractivity contribution in [3.63, 3.8) is 0 Å². The Morgan fingerprint density at radius 3 is 2.67 bits per heavy atom. The second-order valence-electron chi connectivity index (χ2n) is 4.36. The predicted octanol–water partition coefficient (Wildman–Crippen LogP) is 2.77. The van der Waals surface area contributed by atoms with Gasteiger partial charge in [0, 0.05) is 17.1 Å². The molecule has 1 atom stereocenters. The van der Waals surface area contributed by atoms with Crippen LogP contribution in [0.4, 0.5) is 4.39 Å². The number of benzene rings is 1. The van der Waals surface area contributed by atoms with Gasteiger partial charge < -0.3 is 4.74 Å². The van der Waals surface area contributed by atoms with Crippen LogP contribution in [0.15, 0.2) is 18.2 Å². The Balaban J connectivity index is 2.70. The normalized spacial score (nSPS) is 12.6. The van der Waals surface area contributed by atoms with Crippen molar-refractivity contribution in [1.82, 2.24) is 5.32 Å². The van der Waals surface area contributed by atoms with Crippen LogP contribution in [0.3, 0.4) is 0 Å². The standard InChI is InChI=1S/C13H17ClFNO2/c1-8(2)12(13(17)18-3)16-7-9-4-5-10(14)6-11(9)15/h4-6,8,12,16H,7H2,1-3H3. The van der Waals surface area contributed by atoms with Crippen molar-refractivity contribution in [2.75, 3.05) is 7.11 Å². The van der Waals surface area contributed by atoms with Gasteiger partial charge in [-0.25, -0.2) is 4.39 Å². The lowest BCUT2D eigenvalue weighted by molar-refractivity contribution is -0.144. The molecule has 0 amide bonds. The summed E-state index contributed by atoms with van der Waals surface area (Å²) in [5.74, 6) is -0.672. The molecule has 100 valence electrons. The number of nitrogens with one attached hydrogen (secondary N) is 1. The molecular weight excluding hydrogens is 257 g/mol. The molecule has 0 bridgehead atoms. The van der Waals surface area contributed by atoms with Gasteiger partial charge in [-0.15, -0.1) is 0 Å². The van der Waals surface area contributed by atoms with Crippen LogP contribution in [0.2, 0.25) is 5.02 Å². The van der Waals surface area contributed by atoms with Crippen LogP contribution < -0.4 is 5.32 Å². The summed E-state index contributed by atoms with van der Waals surface area (Å²) in [6.45, 7) is 4.04. The highest BCUT2D eigenvalue weighted by Gasteiger charge is 2.22. The van der Waals surface area contributed by atoms with Crippen LogP contribution in [0.5, 0.6) is 0 Å². The number of methoxy groups -OCH3 is 1. The minimum absolute atomic E-state index is 0.0628. The van der Waals surface area contributed by atoms with E-state index >= 15 is 0 Å². The van der Waals surface area contributed by atoms with Gasteiger partial charge in [0.2, 0.25) is 0 Å². The van der Waals surface area contributed by atoms with Crippen LogP contribution in [0.1, 0.15) is 19.4 Å². The summed E-state index contributed by atoms with van der Waals surface area (Å²) in [7, 11) is 1.34. The van der Waals surface area contributed by atoms with E-state index in [4.69, 9.17) is 16.3 Å². The average molecular weight is 274 g/mol. The first-order valence-corrected chi connectivity index (χ1v) is 6.08. The van der Waals surface area contributed by atoms with Gasteiger partial charge in [-0.05, 0) is 18.1 Å². The fourth-order valence-electron chi connectivity index (χ4n) is 1.60. The van der Waals surface area contributed by atoms with Gasteiger partial charge >= 0.3 is 5.97 Å². The molecule has 0 heterocycles. The number of esters is 1. The van der Waals surface area contributed by atoms with E-state index in [1.54, 1.807) is 12.1 Å². The maximum atomic E-state index is 13.5. The molecular formula is C13H17ClFNO2. The van der Waals surface area contributed by atoms with Crippen LogP contribution >= 0.6 is 11.6 Å². The summed E-state index contributed by atoms with van der Waals surface area (Å²) in [5.41, 5.74) is 0.467. The van der Waals surface area contributed by atoms with E-state index in [-0.39, 0.29) is 24.2 Å². The highest BCUT2D eigenvalue weighted by molar-refractivity contribution is 6.30. The quantitative estimate of drug-likeness (QED) is 0.839. The molecule has 0 saturated carbocycles. The third kappa shape index (κ3) is 3.96. The Morgan fingerprint density at radius 1 is 1.50 bits per heavy atom. The lowest BCUT2D eigenvalue weighted by Gasteiger charge is -2.20. The molecule has 1 unspecified atom stereocenters. The maximum absolute atomic E-state index is 13.5.